The van der Waals surface area contributed by atoms with Crippen LogP contribution in [0.3, 0.4) is 0 Å². The summed E-state index contributed by atoms with van der Waals surface area (Å²) in [4.78, 5) is 12.9. The van der Waals surface area contributed by atoms with E-state index in [4.69, 9.17) is 15.2 Å². The van der Waals surface area contributed by atoms with Crippen molar-refractivity contribution in [1.82, 2.24) is 19.5 Å². The van der Waals surface area contributed by atoms with Gasteiger partial charge in [0, 0.05) is 5.92 Å². The number of nitrogens with zero attached hydrogens (tertiary/aromatic N) is 4. The van der Waals surface area contributed by atoms with E-state index in [1.54, 1.807) is 6.33 Å². The lowest BCUT2D eigenvalue weighted by atomic mass is 9.92. The van der Waals surface area contributed by atoms with Crippen LogP contribution in [0.25, 0.3) is 11.2 Å². The Morgan fingerprint density at radius 2 is 2.23 bits per heavy atom. The molecule has 1 aliphatic rings. The number of fused-ring (bicyclic) bond motifs is 1. The Kier molecular flexibility index (Phi) is 4.15. The SMILES string of the molecule is CCCC1COC(n2cnc3c(OCC)nc(N)nc32)C1C. The van der Waals surface area contributed by atoms with Crippen molar-refractivity contribution in [3.8, 4) is 5.88 Å². The van der Waals surface area contributed by atoms with Crippen LogP contribution in [0.4, 0.5) is 5.95 Å². The largest absolute Gasteiger partial charge is 0.476 e. The number of nitrogen functional groups attached to an aromatic ring is 1. The minimum absolute atomic E-state index is 0.0645. The second-order valence-electron chi connectivity index (χ2n) is 5.78. The van der Waals surface area contributed by atoms with E-state index < -0.39 is 0 Å². The van der Waals surface area contributed by atoms with Crippen LogP contribution in [0, 0.1) is 11.8 Å². The zero-order chi connectivity index (χ0) is 15.7. The van der Waals surface area contributed by atoms with Crippen LogP contribution in [0.15, 0.2) is 6.33 Å². The van der Waals surface area contributed by atoms with Crippen LogP contribution in [0.2, 0.25) is 0 Å². The zero-order valence-electron chi connectivity index (χ0n) is 13.3. The highest BCUT2D eigenvalue weighted by molar-refractivity contribution is 5.77. The molecule has 2 aromatic heterocycles. The summed E-state index contributed by atoms with van der Waals surface area (Å²) in [6.45, 7) is 7.61. The van der Waals surface area contributed by atoms with Gasteiger partial charge in [0.05, 0.1) is 19.5 Å². The molecule has 0 radical (unpaired) electrons. The Morgan fingerprint density at radius 3 is 2.95 bits per heavy atom. The van der Waals surface area contributed by atoms with Crippen molar-refractivity contribution in [3.05, 3.63) is 6.33 Å². The van der Waals surface area contributed by atoms with Crippen molar-refractivity contribution in [1.29, 1.82) is 0 Å². The maximum Gasteiger partial charge on any atom is 0.247 e. The Morgan fingerprint density at radius 1 is 1.41 bits per heavy atom. The quantitative estimate of drug-likeness (QED) is 0.912. The molecule has 3 unspecified atom stereocenters. The summed E-state index contributed by atoms with van der Waals surface area (Å²) in [5, 5.41) is 0. The predicted molar refractivity (Wildman–Crippen MR) is 83.5 cm³/mol. The molecule has 2 aromatic rings. The lowest BCUT2D eigenvalue weighted by Gasteiger charge is -2.19. The third-order valence-electron chi connectivity index (χ3n) is 4.30. The molecule has 3 heterocycles. The van der Waals surface area contributed by atoms with Crippen LogP contribution in [0.1, 0.15) is 39.8 Å². The van der Waals surface area contributed by atoms with Gasteiger partial charge in [-0.2, -0.15) is 9.97 Å². The van der Waals surface area contributed by atoms with Gasteiger partial charge in [0.25, 0.3) is 0 Å². The molecule has 0 amide bonds. The van der Waals surface area contributed by atoms with Gasteiger partial charge < -0.3 is 15.2 Å². The molecule has 3 rings (SSSR count). The molecule has 1 saturated heterocycles. The number of ether oxygens (including phenoxy) is 2. The molecule has 0 bridgehead atoms. The summed E-state index contributed by atoms with van der Waals surface area (Å²) in [6, 6.07) is 0. The Labute approximate surface area is 129 Å². The molecule has 1 fully saturated rings. The van der Waals surface area contributed by atoms with Gasteiger partial charge in [0.2, 0.25) is 11.8 Å². The summed E-state index contributed by atoms with van der Waals surface area (Å²) < 4.78 is 13.5. The van der Waals surface area contributed by atoms with Crippen molar-refractivity contribution in [2.24, 2.45) is 11.8 Å². The van der Waals surface area contributed by atoms with E-state index in [-0.39, 0.29) is 12.2 Å². The average Bonchev–Trinajstić information content (AvgIpc) is 3.04. The van der Waals surface area contributed by atoms with Gasteiger partial charge in [-0.15, -0.1) is 0 Å². The lowest BCUT2D eigenvalue weighted by Crippen LogP contribution is -2.17. The smallest absolute Gasteiger partial charge is 0.247 e. The molecule has 1 aliphatic heterocycles. The number of rotatable bonds is 5. The van der Waals surface area contributed by atoms with Crippen LogP contribution >= 0.6 is 0 Å². The first kappa shape index (κ1) is 15.0. The summed E-state index contributed by atoms with van der Waals surface area (Å²) in [6.07, 6.45) is 4.02. The van der Waals surface area contributed by atoms with Crippen molar-refractivity contribution in [2.45, 2.75) is 39.8 Å². The maximum absolute atomic E-state index is 6.00. The van der Waals surface area contributed by atoms with E-state index in [0.29, 0.717) is 35.5 Å². The minimum Gasteiger partial charge on any atom is -0.476 e. The van der Waals surface area contributed by atoms with Crippen molar-refractivity contribution >= 4 is 17.1 Å². The molecule has 0 aliphatic carbocycles. The number of imidazole rings is 1. The molecule has 0 aromatic carbocycles. The van der Waals surface area contributed by atoms with Crippen LogP contribution in [0.5, 0.6) is 5.88 Å². The van der Waals surface area contributed by atoms with E-state index in [1.807, 2.05) is 11.5 Å². The summed E-state index contributed by atoms with van der Waals surface area (Å²) in [5.74, 6) is 1.59. The van der Waals surface area contributed by atoms with Crippen molar-refractivity contribution < 1.29 is 9.47 Å². The monoisotopic (exact) mass is 305 g/mol. The summed E-state index contributed by atoms with van der Waals surface area (Å²) in [7, 11) is 0. The number of hydrogen-bond acceptors (Lipinski definition) is 6. The highest BCUT2D eigenvalue weighted by Crippen LogP contribution is 2.38. The first-order chi connectivity index (χ1) is 10.7. The summed E-state index contributed by atoms with van der Waals surface area (Å²) >= 11 is 0. The number of anilines is 1. The second-order valence-corrected chi connectivity index (χ2v) is 5.78. The maximum atomic E-state index is 6.00. The minimum atomic E-state index is -0.0645. The standard InChI is InChI=1S/C15H23N5O2/c1-4-6-10-7-22-14(9(10)3)20-8-17-11-12(20)18-15(16)19-13(11)21-5-2/h8-10,14H,4-7H2,1-3H3,(H2,16,18,19). The van der Waals surface area contributed by atoms with Gasteiger partial charge in [-0.3, -0.25) is 4.57 Å². The summed E-state index contributed by atoms with van der Waals surface area (Å²) in [5.41, 5.74) is 7.11. The number of aromatic nitrogens is 4. The molecular formula is C15H23N5O2. The fraction of sp³-hybridized carbons (Fsp3) is 0.667. The predicted octanol–water partition coefficient (Wildman–Crippen LogP) is 2.39. The molecule has 120 valence electrons. The number of hydrogen-bond donors (Lipinski definition) is 1. The topological polar surface area (TPSA) is 88.1 Å². The molecule has 0 saturated carbocycles. The van der Waals surface area contributed by atoms with Crippen LogP contribution < -0.4 is 10.5 Å². The first-order valence-electron chi connectivity index (χ1n) is 7.90. The van der Waals surface area contributed by atoms with Crippen molar-refractivity contribution in [2.75, 3.05) is 18.9 Å². The fourth-order valence-electron chi connectivity index (χ4n) is 3.14. The van der Waals surface area contributed by atoms with E-state index in [0.717, 1.165) is 6.61 Å². The van der Waals surface area contributed by atoms with Gasteiger partial charge in [-0.1, -0.05) is 20.3 Å². The van der Waals surface area contributed by atoms with Gasteiger partial charge in [-0.25, -0.2) is 4.98 Å². The third-order valence-corrected chi connectivity index (χ3v) is 4.30. The highest BCUT2D eigenvalue weighted by Gasteiger charge is 2.35. The van der Waals surface area contributed by atoms with Gasteiger partial charge >= 0.3 is 0 Å². The van der Waals surface area contributed by atoms with Gasteiger partial charge in [-0.05, 0) is 19.3 Å². The molecule has 22 heavy (non-hydrogen) atoms. The molecule has 7 nitrogen and oxygen atoms in total. The average molecular weight is 305 g/mol. The normalized spacial score (nSPS) is 25.0. The van der Waals surface area contributed by atoms with E-state index in [1.165, 1.54) is 12.8 Å². The van der Waals surface area contributed by atoms with Crippen molar-refractivity contribution in [3.63, 3.8) is 0 Å². The molecule has 7 heteroatoms. The zero-order valence-corrected chi connectivity index (χ0v) is 13.3. The second kappa shape index (κ2) is 6.08. The Hall–Kier alpha value is -1.89. The van der Waals surface area contributed by atoms with E-state index in [9.17, 15) is 0 Å². The lowest BCUT2D eigenvalue weighted by molar-refractivity contribution is 0.0392. The highest BCUT2D eigenvalue weighted by atomic mass is 16.5. The van der Waals surface area contributed by atoms with Gasteiger partial charge in [0.15, 0.2) is 11.2 Å². The van der Waals surface area contributed by atoms with Crippen LogP contribution in [-0.2, 0) is 4.74 Å². The van der Waals surface area contributed by atoms with Crippen LogP contribution in [-0.4, -0.2) is 32.7 Å². The fourth-order valence-corrected chi connectivity index (χ4v) is 3.14. The Balaban J connectivity index is 1.98. The molecule has 3 atom stereocenters. The number of nitrogens with two attached hydrogens (primary N) is 1. The van der Waals surface area contributed by atoms with Gasteiger partial charge in [0.1, 0.15) is 6.23 Å². The molecule has 0 spiro atoms. The molecular weight excluding hydrogens is 282 g/mol. The molecule has 2 N–H and O–H groups in total. The third kappa shape index (κ3) is 2.49. The first-order valence-corrected chi connectivity index (χ1v) is 7.90. The van der Waals surface area contributed by atoms with E-state index in [2.05, 4.69) is 28.8 Å². The Bertz CT molecular complexity index is 657. The van der Waals surface area contributed by atoms with E-state index >= 15 is 0 Å².